The van der Waals surface area contributed by atoms with E-state index in [9.17, 15) is 15.0 Å². The topological polar surface area (TPSA) is 81.9 Å². The molecule has 0 aliphatic rings. The lowest BCUT2D eigenvalue weighted by molar-refractivity contribution is 0.0955. The average molecular weight is 448 g/mol. The van der Waals surface area contributed by atoms with Gasteiger partial charge in [-0.25, -0.2) is 5.43 Å². The molecule has 0 saturated heterocycles. The zero-order chi connectivity index (χ0) is 16.3. The van der Waals surface area contributed by atoms with Crippen molar-refractivity contribution in [2.45, 2.75) is 0 Å². The fraction of sp³-hybridized carbons (Fsp3) is 0. The van der Waals surface area contributed by atoms with E-state index in [1.807, 2.05) is 0 Å². The molecule has 22 heavy (non-hydrogen) atoms. The van der Waals surface area contributed by atoms with Crippen LogP contribution in [0, 0.1) is 0 Å². The molecule has 0 atom stereocenters. The predicted octanol–water partition coefficient (Wildman–Crippen LogP) is 4.04. The van der Waals surface area contributed by atoms with Crippen LogP contribution in [0.2, 0.25) is 5.02 Å². The van der Waals surface area contributed by atoms with E-state index in [1.165, 1.54) is 12.3 Å². The SMILES string of the molecule is O=C(N/N=C/c1cc(O)c(O)c(Br)c1Br)c1ccc(Cl)cc1. The smallest absolute Gasteiger partial charge is 0.271 e. The highest BCUT2D eigenvalue weighted by Crippen LogP contribution is 2.40. The minimum Gasteiger partial charge on any atom is -0.504 e. The van der Waals surface area contributed by atoms with E-state index in [-0.39, 0.29) is 16.0 Å². The van der Waals surface area contributed by atoms with Gasteiger partial charge in [-0.3, -0.25) is 4.79 Å². The number of phenolic OH excluding ortho intramolecular Hbond substituents is 2. The summed E-state index contributed by atoms with van der Waals surface area (Å²) < 4.78 is 0.783. The molecule has 0 aliphatic heterocycles. The molecule has 2 aromatic rings. The fourth-order valence-electron chi connectivity index (χ4n) is 1.54. The Hall–Kier alpha value is -1.57. The molecule has 5 nitrogen and oxygen atoms in total. The van der Waals surface area contributed by atoms with Gasteiger partial charge >= 0.3 is 0 Å². The van der Waals surface area contributed by atoms with Gasteiger partial charge in [0.1, 0.15) is 0 Å². The van der Waals surface area contributed by atoms with Crippen LogP contribution >= 0.6 is 43.5 Å². The van der Waals surface area contributed by atoms with Gasteiger partial charge in [-0.05, 0) is 62.2 Å². The third-order valence-corrected chi connectivity index (χ3v) is 5.08. The number of phenols is 2. The van der Waals surface area contributed by atoms with E-state index in [2.05, 4.69) is 42.4 Å². The van der Waals surface area contributed by atoms with Crippen LogP contribution in [-0.2, 0) is 0 Å². The highest BCUT2D eigenvalue weighted by atomic mass is 79.9. The second-order valence-electron chi connectivity index (χ2n) is 4.17. The molecule has 0 saturated carbocycles. The zero-order valence-electron chi connectivity index (χ0n) is 10.8. The Bertz CT molecular complexity index is 749. The van der Waals surface area contributed by atoms with Crippen molar-refractivity contribution in [2.75, 3.05) is 0 Å². The highest BCUT2D eigenvalue weighted by molar-refractivity contribution is 9.13. The molecule has 2 rings (SSSR count). The number of carbonyl (C=O) groups is 1. The number of halogens is 3. The van der Waals surface area contributed by atoms with Crippen LogP contribution in [0.3, 0.4) is 0 Å². The summed E-state index contributed by atoms with van der Waals surface area (Å²) in [5.74, 6) is -0.985. The number of amides is 1. The van der Waals surface area contributed by atoms with E-state index in [4.69, 9.17) is 11.6 Å². The Balaban J connectivity index is 2.13. The van der Waals surface area contributed by atoms with Gasteiger partial charge in [0.2, 0.25) is 0 Å². The molecule has 3 N–H and O–H groups in total. The van der Waals surface area contributed by atoms with Crippen molar-refractivity contribution >= 4 is 55.6 Å². The minimum atomic E-state index is -0.397. The summed E-state index contributed by atoms with van der Waals surface area (Å²) in [6.45, 7) is 0. The van der Waals surface area contributed by atoms with Crippen molar-refractivity contribution in [1.29, 1.82) is 0 Å². The standard InChI is InChI=1S/C14H9Br2ClN2O3/c15-11-8(5-10(20)13(21)12(11)16)6-18-19-14(22)7-1-3-9(17)4-2-7/h1-6,20-21H,(H,19,22)/b18-6+. The second kappa shape index (κ2) is 7.13. The maximum Gasteiger partial charge on any atom is 0.271 e. The first kappa shape index (κ1) is 16.8. The van der Waals surface area contributed by atoms with Gasteiger partial charge < -0.3 is 10.2 Å². The summed E-state index contributed by atoms with van der Waals surface area (Å²) in [5.41, 5.74) is 3.24. The first-order valence-corrected chi connectivity index (χ1v) is 7.85. The average Bonchev–Trinajstić information content (AvgIpc) is 2.50. The second-order valence-corrected chi connectivity index (χ2v) is 6.19. The number of carbonyl (C=O) groups excluding carboxylic acids is 1. The number of benzene rings is 2. The molecule has 1 amide bonds. The van der Waals surface area contributed by atoms with Gasteiger partial charge in [0.15, 0.2) is 11.5 Å². The number of nitrogens with zero attached hydrogens (tertiary/aromatic N) is 1. The molecule has 0 unspecified atom stereocenters. The number of hydrogen-bond acceptors (Lipinski definition) is 4. The molecule has 2 aromatic carbocycles. The third-order valence-electron chi connectivity index (χ3n) is 2.67. The first-order valence-electron chi connectivity index (χ1n) is 5.89. The largest absolute Gasteiger partial charge is 0.504 e. The van der Waals surface area contributed by atoms with Gasteiger partial charge in [-0.1, -0.05) is 11.6 Å². The molecule has 0 aliphatic carbocycles. The van der Waals surface area contributed by atoms with Crippen LogP contribution in [0.5, 0.6) is 11.5 Å². The summed E-state index contributed by atoms with van der Waals surface area (Å²) in [5, 5.41) is 23.4. The van der Waals surface area contributed by atoms with Crippen LogP contribution in [0.4, 0.5) is 0 Å². The van der Waals surface area contributed by atoms with Gasteiger partial charge in [-0.15, -0.1) is 0 Å². The molecule has 8 heteroatoms. The molecule has 0 fully saturated rings. The maximum atomic E-state index is 11.8. The maximum absolute atomic E-state index is 11.8. The summed E-state index contributed by atoms with van der Waals surface area (Å²) in [6, 6.07) is 7.66. The van der Waals surface area contributed by atoms with Crippen molar-refractivity contribution < 1.29 is 15.0 Å². The number of rotatable bonds is 3. The number of nitrogens with one attached hydrogen (secondary N) is 1. The van der Waals surface area contributed by atoms with Gasteiger partial charge in [0.25, 0.3) is 5.91 Å². The monoisotopic (exact) mass is 446 g/mol. The molecule has 0 heterocycles. The van der Waals surface area contributed by atoms with Crippen molar-refractivity contribution in [3.8, 4) is 11.5 Å². The Labute approximate surface area is 147 Å². The molecule has 0 radical (unpaired) electrons. The van der Waals surface area contributed by atoms with Crippen LogP contribution in [0.25, 0.3) is 0 Å². The summed E-state index contributed by atoms with van der Waals surface area (Å²) in [4.78, 5) is 11.8. The van der Waals surface area contributed by atoms with E-state index in [1.54, 1.807) is 24.3 Å². The Morgan fingerprint density at radius 2 is 1.82 bits per heavy atom. The fourth-order valence-corrected chi connectivity index (χ4v) is 2.50. The Morgan fingerprint density at radius 1 is 1.18 bits per heavy atom. The minimum absolute atomic E-state index is 0.283. The van der Waals surface area contributed by atoms with Gasteiger partial charge in [0, 0.05) is 20.6 Å². The van der Waals surface area contributed by atoms with Crippen molar-refractivity contribution in [3.05, 3.63) is 55.4 Å². The molecule has 0 aromatic heterocycles. The van der Waals surface area contributed by atoms with Crippen LogP contribution in [0.15, 0.2) is 44.4 Å². The number of aromatic hydroxyl groups is 2. The quantitative estimate of drug-likeness (QED) is 0.377. The van der Waals surface area contributed by atoms with Crippen molar-refractivity contribution in [1.82, 2.24) is 5.43 Å². The van der Waals surface area contributed by atoms with E-state index in [0.29, 0.717) is 20.6 Å². The van der Waals surface area contributed by atoms with Crippen molar-refractivity contribution in [2.24, 2.45) is 5.10 Å². The van der Waals surface area contributed by atoms with Gasteiger partial charge in [-0.2, -0.15) is 5.10 Å². The lowest BCUT2D eigenvalue weighted by atomic mass is 10.2. The lowest BCUT2D eigenvalue weighted by Crippen LogP contribution is -2.17. The summed E-state index contributed by atoms with van der Waals surface area (Å²) in [6.07, 6.45) is 1.34. The van der Waals surface area contributed by atoms with Crippen molar-refractivity contribution in [3.63, 3.8) is 0 Å². The van der Waals surface area contributed by atoms with Crippen LogP contribution < -0.4 is 5.43 Å². The number of hydrazone groups is 1. The molecular weight excluding hydrogens is 439 g/mol. The molecular formula is C14H9Br2ClN2O3. The van der Waals surface area contributed by atoms with E-state index in [0.717, 1.165) is 0 Å². The van der Waals surface area contributed by atoms with E-state index >= 15 is 0 Å². The molecule has 0 spiro atoms. The predicted molar refractivity (Wildman–Crippen MR) is 91.7 cm³/mol. The summed E-state index contributed by atoms with van der Waals surface area (Å²) in [7, 11) is 0. The molecule has 0 bridgehead atoms. The zero-order valence-corrected chi connectivity index (χ0v) is 14.8. The molecule has 114 valence electrons. The Morgan fingerprint density at radius 3 is 2.45 bits per heavy atom. The summed E-state index contributed by atoms with van der Waals surface area (Å²) >= 11 is 12.1. The first-order chi connectivity index (χ1) is 10.4. The third kappa shape index (κ3) is 3.79. The van der Waals surface area contributed by atoms with Crippen LogP contribution in [0.1, 0.15) is 15.9 Å². The lowest BCUT2D eigenvalue weighted by Gasteiger charge is -2.06. The normalized spacial score (nSPS) is 10.9. The Kier molecular flexibility index (Phi) is 5.44. The van der Waals surface area contributed by atoms with Gasteiger partial charge in [0.05, 0.1) is 10.7 Å². The van der Waals surface area contributed by atoms with Crippen LogP contribution in [-0.4, -0.2) is 22.3 Å². The highest BCUT2D eigenvalue weighted by Gasteiger charge is 2.12. The van der Waals surface area contributed by atoms with E-state index < -0.39 is 5.91 Å². The number of hydrogen-bond donors (Lipinski definition) is 3.